The minimum atomic E-state index is -0.713. The summed E-state index contributed by atoms with van der Waals surface area (Å²) in [6.07, 6.45) is 3.01. The van der Waals surface area contributed by atoms with Crippen LogP contribution < -0.4 is 20.7 Å². The van der Waals surface area contributed by atoms with Crippen LogP contribution in [0.5, 0.6) is 11.5 Å². The van der Waals surface area contributed by atoms with E-state index in [2.05, 4.69) is 26.1 Å². The van der Waals surface area contributed by atoms with Crippen LogP contribution in [-0.4, -0.2) is 38.9 Å². The molecular formula is C28H26FN7O4. The first kappa shape index (κ1) is 26.4. The summed E-state index contributed by atoms with van der Waals surface area (Å²) in [5.41, 5.74) is 1.86. The molecule has 5 aromatic rings. The lowest BCUT2D eigenvalue weighted by Crippen LogP contribution is -2.22. The number of benzene rings is 2. The first-order valence-electron chi connectivity index (χ1n) is 12.3. The first-order chi connectivity index (χ1) is 19.1. The van der Waals surface area contributed by atoms with E-state index in [-0.39, 0.29) is 28.5 Å². The summed E-state index contributed by atoms with van der Waals surface area (Å²) < 4.78 is 27.3. The molecule has 3 aromatic heterocycles. The Balaban J connectivity index is 1.34. The molecule has 0 saturated heterocycles. The van der Waals surface area contributed by atoms with E-state index < -0.39 is 11.8 Å². The van der Waals surface area contributed by atoms with Gasteiger partial charge in [0, 0.05) is 42.2 Å². The fraction of sp³-hybridized carbons (Fsp3) is 0.179. The molecule has 0 aliphatic carbocycles. The van der Waals surface area contributed by atoms with Gasteiger partial charge in [-0.1, -0.05) is 25.9 Å². The van der Waals surface area contributed by atoms with Gasteiger partial charge in [-0.3, -0.25) is 15.1 Å². The molecule has 0 saturated carbocycles. The van der Waals surface area contributed by atoms with Crippen LogP contribution in [0.3, 0.4) is 0 Å². The Labute approximate surface area is 228 Å². The van der Waals surface area contributed by atoms with Gasteiger partial charge >= 0.3 is 6.03 Å². The highest BCUT2D eigenvalue weighted by Gasteiger charge is 2.22. The molecule has 204 valence electrons. The maximum Gasteiger partial charge on any atom is 0.324 e. The highest BCUT2D eigenvalue weighted by Crippen LogP contribution is 2.29. The second kappa shape index (κ2) is 10.5. The van der Waals surface area contributed by atoms with Crippen molar-refractivity contribution in [2.45, 2.75) is 26.2 Å². The topological polar surface area (TPSA) is 136 Å². The number of ether oxygens (including phenoxy) is 1. The van der Waals surface area contributed by atoms with Crippen molar-refractivity contribution in [2.75, 3.05) is 17.7 Å². The molecule has 3 heterocycles. The Morgan fingerprint density at radius 3 is 2.55 bits per heavy atom. The highest BCUT2D eigenvalue weighted by molar-refractivity contribution is 5.99. The number of aromatic nitrogens is 4. The van der Waals surface area contributed by atoms with Crippen LogP contribution >= 0.6 is 0 Å². The van der Waals surface area contributed by atoms with Crippen LogP contribution in [0.2, 0.25) is 0 Å². The SMILES string of the molecule is CNC(=O)c1cc(Oc2ccc(NC(=O)Nc3cc(C(C)(C)C)nn3-c3ccc4oncc4c3)c(F)c2)ccn1. The quantitative estimate of drug-likeness (QED) is 0.252. The van der Waals surface area contributed by atoms with E-state index in [1.54, 1.807) is 35.1 Å². The van der Waals surface area contributed by atoms with E-state index in [0.717, 1.165) is 17.1 Å². The number of carbonyl (C=O) groups excluding carboxylic acids is 2. The van der Waals surface area contributed by atoms with Crippen LogP contribution in [0, 0.1) is 5.82 Å². The van der Waals surface area contributed by atoms with Crippen molar-refractivity contribution < 1.29 is 23.2 Å². The highest BCUT2D eigenvalue weighted by atomic mass is 19.1. The van der Waals surface area contributed by atoms with E-state index in [4.69, 9.17) is 14.4 Å². The van der Waals surface area contributed by atoms with Gasteiger partial charge in [0.05, 0.1) is 23.3 Å². The molecule has 0 fully saturated rings. The molecule has 0 radical (unpaired) electrons. The fourth-order valence-corrected chi connectivity index (χ4v) is 3.82. The first-order valence-corrected chi connectivity index (χ1v) is 12.3. The Morgan fingerprint density at radius 2 is 1.80 bits per heavy atom. The number of nitrogens with one attached hydrogen (secondary N) is 3. The maximum absolute atomic E-state index is 14.9. The number of urea groups is 1. The van der Waals surface area contributed by atoms with Crippen molar-refractivity contribution in [1.82, 2.24) is 25.2 Å². The predicted molar refractivity (Wildman–Crippen MR) is 147 cm³/mol. The zero-order chi connectivity index (χ0) is 28.4. The van der Waals surface area contributed by atoms with E-state index in [1.807, 2.05) is 26.8 Å². The van der Waals surface area contributed by atoms with Crippen molar-refractivity contribution in [3.63, 3.8) is 0 Å². The van der Waals surface area contributed by atoms with Gasteiger partial charge in [0.1, 0.15) is 28.8 Å². The minimum Gasteiger partial charge on any atom is -0.457 e. The molecule has 12 heteroatoms. The van der Waals surface area contributed by atoms with E-state index in [0.29, 0.717) is 22.8 Å². The molecule has 0 aliphatic heterocycles. The number of halogens is 1. The standard InChI is InChI=1S/C28H26FN7O4/c1-28(2,3)24-14-25(36(35-24)17-5-8-23-16(11-17)15-32-40-23)34-27(38)33-21-7-6-18(12-20(21)29)39-19-9-10-31-22(13-19)26(37)30-4/h5-15H,1-4H3,(H,30,37)(H2,33,34,38). The molecule has 11 nitrogen and oxygen atoms in total. The number of hydrogen-bond acceptors (Lipinski definition) is 7. The number of hydrogen-bond donors (Lipinski definition) is 3. The molecule has 2 aromatic carbocycles. The Hall–Kier alpha value is -5.26. The van der Waals surface area contributed by atoms with Crippen molar-refractivity contribution >= 4 is 34.4 Å². The normalized spacial score (nSPS) is 11.3. The second-order valence-electron chi connectivity index (χ2n) is 9.90. The van der Waals surface area contributed by atoms with Gasteiger partial charge in [-0.05, 0) is 36.4 Å². The molecule has 3 N–H and O–H groups in total. The third kappa shape index (κ3) is 5.60. The van der Waals surface area contributed by atoms with Crippen LogP contribution in [0.4, 0.5) is 20.7 Å². The van der Waals surface area contributed by atoms with Crippen LogP contribution in [0.15, 0.2) is 71.5 Å². The number of nitrogens with zero attached hydrogens (tertiary/aromatic N) is 4. The average molecular weight is 544 g/mol. The molecule has 5 rings (SSSR count). The van der Waals surface area contributed by atoms with Gasteiger partial charge in [0.25, 0.3) is 5.91 Å². The number of fused-ring (bicyclic) bond motifs is 1. The summed E-state index contributed by atoms with van der Waals surface area (Å²) in [5, 5.41) is 17.0. The summed E-state index contributed by atoms with van der Waals surface area (Å²) in [7, 11) is 1.49. The molecule has 40 heavy (non-hydrogen) atoms. The summed E-state index contributed by atoms with van der Waals surface area (Å²) in [4.78, 5) is 28.7. The van der Waals surface area contributed by atoms with Crippen LogP contribution in [0.25, 0.3) is 16.7 Å². The largest absolute Gasteiger partial charge is 0.457 e. The molecule has 0 unspecified atom stereocenters. The number of anilines is 2. The van der Waals surface area contributed by atoms with Crippen LogP contribution in [-0.2, 0) is 5.41 Å². The molecule has 0 atom stereocenters. The van der Waals surface area contributed by atoms with Crippen molar-refractivity contribution in [2.24, 2.45) is 0 Å². The second-order valence-corrected chi connectivity index (χ2v) is 9.90. The van der Waals surface area contributed by atoms with Gasteiger partial charge in [-0.25, -0.2) is 13.9 Å². The number of rotatable bonds is 6. The zero-order valence-electron chi connectivity index (χ0n) is 22.2. The lowest BCUT2D eigenvalue weighted by atomic mass is 9.92. The fourth-order valence-electron chi connectivity index (χ4n) is 3.82. The lowest BCUT2D eigenvalue weighted by molar-refractivity contribution is 0.0957. The Bertz CT molecular complexity index is 1720. The molecule has 0 bridgehead atoms. The maximum atomic E-state index is 14.9. The van der Waals surface area contributed by atoms with Crippen molar-refractivity contribution in [3.05, 3.63) is 84.2 Å². The van der Waals surface area contributed by atoms with Gasteiger partial charge in [0.15, 0.2) is 5.58 Å². The Morgan fingerprint density at radius 1 is 1.00 bits per heavy atom. The minimum absolute atomic E-state index is 0.0568. The van der Waals surface area contributed by atoms with Crippen molar-refractivity contribution in [1.29, 1.82) is 0 Å². The van der Waals surface area contributed by atoms with E-state index in [9.17, 15) is 14.0 Å². The average Bonchev–Trinajstić information content (AvgIpc) is 3.56. The molecule has 0 spiro atoms. The third-order valence-electron chi connectivity index (χ3n) is 5.92. The number of pyridine rings is 1. The summed E-state index contributed by atoms with van der Waals surface area (Å²) in [6, 6.07) is 13.5. The van der Waals surface area contributed by atoms with Crippen LogP contribution in [0.1, 0.15) is 37.0 Å². The molecule has 0 aliphatic rings. The van der Waals surface area contributed by atoms with E-state index >= 15 is 0 Å². The third-order valence-corrected chi connectivity index (χ3v) is 5.92. The smallest absolute Gasteiger partial charge is 0.324 e. The monoisotopic (exact) mass is 543 g/mol. The van der Waals surface area contributed by atoms with Gasteiger partial charge < -0.3 is 19.9 Å². The van der Waals surface area contributed by atoms with E-state index in [1.165, 1.54) is 31.4 Å². The van der Waals surface area contributed by atoms with Gasteiger partial charge in [-0.2, -0.15) is 5.10 Å². The number of amides is 3. The molecule has 3 amide bonds. The lowest BCUT2D eigenvalue weighted by Gasteiger charge is -2.14. The molecular weight excluding hydrogens is 517 g/mol. The van der Waals surface area contributed by atoms with Gasteiger partial charge in [-0.15, -0.1) is 0 Å². The summed E-state index contributed by atoms with van der Waals surface area (Å²) >= 11 is 0. The number of carbonyl (C=O) groups is 2. The zero-order valence-corrected chi connectivity index (χ0v) is 22.2. The predicted octanol–water partition coefficient (Wildman–Crippen LogP) is 5.64. The Kier molecular flexibility index (Phi) is 6.91. The van der Waals surface area contributed by atoms with Crippen molar-refractivity contribution in [3.8, 4) is 17.2 Å². The summed E-state index contributed by atoms with van der Waals surface area (Å²) in [6.45, 7) is 6.03. The summed E-state index contributed by atoms with van der Waals surface area (Å²) in [5.74, 6) is -0.219. The van der Waals surface area contributed by atoms with Gasteiger partial charge in [0.2, 0.25) is 0 Å².